The maximum absolute atomic E-state index is 13.0. The highest BCUT2D eigenvalue weighted by molar-refractivity contribution is 7.92. The lowest BCUT2D eigenvalue weighted by molar-refractivity contribution is 0.0940. The standard InChI is InChI=1S/C26H29N3O4S/c1-5-19(4)27-26(31)22-8-6-7-9-23(22)28-25(30)20-13-12-18(3)24(16-20)29-34(32,33)21-14-10-17(2)11-15-21/h6-16,19,29H,5H2,1-4H3,(H,27,31)(H,28,30)/t19-/m1/s1. The van der Waals surface area contributed by atoms with Crippen LogP contribution in [0.5, 0.6) is 0 Å². The Morgan fingerprint density at radius 1 is 0.882 bits per heavy atom. The van der Waals surface area contributed by atoms with Gasteiger partial charge in [-0.15, -0.1) is 0 Å². The number of aryl methyl sites for hydroxylation is 2. The number of benzene rings is 3. The summed E-state index contributed by atoms with van der Waals surface area (Å²) in [5.74, 6) is -0.736. The van der Waals surface area contributed by atoms with E-state index in [4.69, 9.17) is 0 Å². The first-order chi connectivity index (χ1) is 16.1. The second-order valence-corrected chi connectivity index (χ2v) is 9.91. The molecule has 2 amide bonds. The molecule has 0 saturated heterocycles. The third kappa shape index (κ3) is 6.02. The van der Waals surface area contributed by atoms with Gasteiger partial charge in [-0.2, -0.15) is 0 Å². The predicted octanol–water partition coefficient (Wildman–Crippen LogP) is 4.88. The zero-order valence-corrected chi connectivity index (χ0v) is 20.5. The molecule has 0 aliphatic heterocycles. The Hall–Kier alpha value is -3.65. The van der Waals surface area contributed by atoms with Gasteiger partial charge < -0.3 is 10.6 Å². The number of nitrogens with one attached hydrogen (secondary N) is 3. The molecule has 3 aromatic rings. The van der Waals surface area contributed by atoms with Crippen LogP contribution >= 0.6 is 0 Å². The quantitative estimate of drug-likeness (QED) is 0.428. The van der Waals surface area contributed by atoms with Crippen molar-refractivity contribution in [3.05, 3.63) is 89.0 Å². The molecule has 0 spiro atoms. The van der Waals surface area contributed by atoms with Crippen LogP contribution in [-0.4, -0.2) is 26.3 Å². The SMILES string of the molecule is CC[C@@H](C)NC(=O)c1ccccc1NC(=O)c1ccc(C)c(NS(=O)(=O)c2ccc(C)cc2)c1. The zero-order valence-electron chi connectivity index (χ0n) is 19.7. The highest BCUT2D eigenvalue weighted by Gasteiger charge is 2.18. The number of hydrogen-bond donors (Lipinski definition) is 3. The van der Waals surface area contributed by atoms with Crippen LogP contribution in [0.1, 0.15) is 52.1 Å². The average molecular weight is 480 g/mol. The van der Waals surface area contributed by atoms with Crippen molar-refractivity contribution in [2.24, 2.45) is 0 Å². The molecular formula is C26H29N3O4S. The summed E-state index contributed by atoms with van der Waals surface area (Å²) in [4.78, 5) is 25.7. The van der Waals surface area contributed by atoms with E-state index in [1.165, 1.54) is 18.2 Å². The summed E-state index contributed by atoms with van der Waals surface area (Å²) < 4.78 is 28.2. The molecule has 0 aromatic heterocycles. The molecule has 178 valence electrons. The van der Waals surface area contributed by atoms with Crippen molar-refractivity contribution in [1.82, 2.24) is 5.32 Å². The molecule has 0 heterocycles. The number of amides is 2. The maximum atomic E-state index is 13.0. The van der Waals surface area contributed by atoms with E-state index in [9.17, 15) is 18.0 Å². The van der Waals surface area contributed by atoms with E-state index in [-0.39, 0.29) is 22.4 Å². The number of carbonyl (C=O) groups excluding carboxylic acids is 2. The normalized spacial score (nSPS) is 12.0. The summed E-state index contributed by atoms with van der Waals surface area (Å²) in [6.45, 7) is 7.51. The van der Waals surface area contributed by atoms with Gasteiger partial charge in [0, 0.05) is 11.6 Å². The van der Waals surface area contributed by atoms with E-state index in [1.54, 1.807) is 55.5 Å². The fraction of sp³-hybridized carbons (Fsp3) is 0.231. The first-order valence-corrected chi connectivity index (χ1v) is 12.5. The minimum atomic E-state index is -3.82. The van der Waals surface area contributed by atoms with Gasteiger partial charge in [-0.1, -0.05) is 42.8 Å². The first-order valence-electron chi connectivity index (χ1n) is 11.0. The van der Waals surface area contributed by atoms with Crippen LogP contribution < -0.4 is 15.4 Å². The molecule has 3 rings (SSSR count). The third-order valence-electron chi connectivity index (χ3n) is 5.49. The van der Waals surface area contributed by atoms with E-state index < -0.39 is 15.9 Å². The number of rotatable bonds is 8. The Morgan fingerprint density at radius 2 is 1.56 bits per heavy atom. The molecule has 0 unspecified atom stereocenters. The van der Waals surface area contributed by atoms with Gasteiger partial charge in [-0.25, -0.2) is 8.42 Å². The fourth-order valence-electron chi connectivity index (χ4n) is 3.18. The summed E-state index contributed by atoms with van der Waals surface area (Å²) in [7, 11) is -3.82. The van der Waals surface area contributed by atoms with E-state index in [2.05, 4.69) is 15.4 Å². The molecule has 0 aliphatic rings. The largest absolute Gasteiger partial charge is 0.350 e. The minimum absolute atomic E-state index is 0.00235. The number of carbonyl (C=O) groups is 2. The monoisotopic (exact) mass is 479 g/mol. The van der Waals surface area contributed by atoms with Gasteiger partial charge in [0.1, 0.15) is 0 Å². The van der Waals surface area contributed by atoms with Gasteiger partial charge in [0.05, 0.1) is 21.8 Å². The molecular weight excluding hydrogens is 450 g/mol. The van der Waals surface area contributed by atoms with Crippen molar-refractivity contribution in [3.63, 3.8) is 0 Å². The van der Waals surface area contributed by atoms with E-state index >= 15 is 0 Å². The number of sulfonamides is 1. The summed E-state index contributed by atoms with van der Waals surface area (Å²) in [6.07, 6.45) is 0.783. The van der Waals surface area contributed by atoms with Crippen molar-refractivity contribution in [1.29, 1.82) is 0 Å². The Balaban J connectivity index is 1.83. The molecule has 34 heavy (non-hydrogen) atoms. The fourth-order valence-corrected chi connectivity index (χ4v) is 4.30. The molecule has 0 fully saturated rings. The molecule has 0 saturated carbocycles. The van der Waals surface area contributed by atoms with Crippen LogP contribution in [0.2, 0.25) is 0 Å². The highest BCUT2D eigenvalue weighted by atomic mass is 32.2. The third-order valence-corrected chi connectivity index (χ3v) is 6.87. The van der Waals surface area contributed by atoms with Gasteiger partial charge in [-0.05, 0) is 69.2 Å². The molecule has 1 atom stereocenters. The first kappa shape index (κ1) is 25.0. The predicted molar refractivity (Wildman–Crippen MR) is 135 cm³/mol. The lowest BCUT2D eigenvalue weighted by atomic mass is 10.1. The Kier molecular flexibility index (Phi) is 7.73. The summed E-state index contributed by atoms with van der Waals surface area (Å²) in [5, 5.41) is 5.66. The van der Waals surface area contributed by atoms with Crippen LogP contribution in [-0.2, 0) is 10.0 Å². The van der Waals surface area contributed by atoms with E-state index in [0.29, 0.717) is 22.5 Å². The molecule has 0 radical (unpaired) electrons. The van der Waals surface area contributed by atoms with Crippen molar-refractivity contribution in [3.8, 4) is 0 Å². The van der Waals surface area contributed by atoms with Gasteiger partial charge in [-0.3, -0.25) is 14.3 Å². The van der Waals surface area contributed by atoms with Gasteiger partial charge in [0.25, 0.3) is 21.8 Å². The molecule has 7 nitrogen and oxygen atoms in total. The number of para-hydroxylation sites is 1. The second-order valence-electron chi connectivity index (χ2n) is 8.23. The lowest BCUT2D eigenvalue weighted by Gasteiger charge is -2.15. The van der Waals surface area contributed by atoms with E-state index in [1.807, 2.05) is 20.8 Å². The molecule has 0 bridgehead atoms. The second kappa shape index (κ2) is 10.5. The smallest absolute Gasteiger partial charge is 0.261 e. The molecule has 0 aliphatic carbocycles. The zero-order chi connectivity index (χ0) is 24.9. The van der Waals surface area contributed by atoms with Crippen molar-refractivity contribution >= 4 is 33.2 Å². The van der Waals surface area contributed by atoms with Crippen LogP contribution in [0.25, 0.3) is 0 Å². The van der Waals surface area contributed by atoms with Gasteiger partial charge >= 0.3 is 0 Å². The minimum Gasteiger partial charge on any atom is -0.350 e. The van der Waals surface area contributed by atoms with Gasteiger partial charge in [0.2, 0.25) is 0 Å². The summed E-state index contributed by atoms with van der Waals surface area (Å²) in [6, 6.07) is 18.0. The van der Waals surface area contributed by atoms with Gasteiger partial charge in [0.15, 0.2) is 0 Å². The van der Waals surface area contributed by atoms with Crippen LogP contribution in [0, 0.1) is 13.8 Å². The average Bonchev–Trinajstić information content (AvgIpc) is 2.80. The number of anilines is 2. The Morgan fingerprint density at radius 3 is 2.24 bits per heavy atom. The van der Waals surface area contributed by atoms with Crippen molar-refractivity contribution in [2.75, 3.05) is 10.0 Å². The topological polar surface area (TPSA) is 104 Å². The molecule has 8 heteroatoms. The lowest BCUT2D eigenvalue weighted by Crippen LogP contribution is -2.32. The summed E-state index contributed by atoms with van der Waals surface area (Å²) >= 11 is 0. The molecule has 3 N–H and O–H groups in total. The van der Waals surface area contributed by atoms with Crippen molar-refractivity contribution < 1.29 is 18.0 Å². The van der Waals surface area contributed by atoms with Crippen LogP contribution in [0.15, 0.2) is 71.6 Å². The van der Waals surface area contributed by atoms with Crippen LogP contribution in [0.3, 0.4) is 0 Å². The Bertz CT molecular complexity index is 1300. The number of hydrogen-bond acceptors (Lipinski definition) is 4. The maximum Gasteiger partial charge on any atom is 0.261 e. The van der Waals surface area contributed by atoms with Crippen LogP contribution in [0.4, 0.5) is 11.4 Å². The Labute approximate surface area is 200 Å². The van der Waals surface area contributed by atoms with E-state index in [0.717, 1.165) is 12.0 Å². The summed E-state index contributed by atoms with van der Waals surface area (Å²) in [5.41, 5.74) is 2.90. The highest BCUT2D eigenvalue weighted by Crippen LogP contribution is 2.23. The van der Waals surface area contributed by atoms with Crippen molar-refractivity contribution in [2.45, 2.75) is 45.1 Å². The molecule has 3 aromatic carbocycles.